The van der Waals surface area contributed by atoms with Crippen molar-refractivity contribution < 1.29 is 22.3 Å². The lowest BCUT2D eigenvalue weighted by molar-refractivity contribution is 0.0692. The Morgan fingerprint density at radius 1 is 0.778 bits per heavy atom. The predicted octanol–water partition coefficient (Wildman–Crippen LogP) is 9.66. The van der Waals surface area contributed by atoms with Crippen LogP contribution >= 0.6 is 0 Å². The van der Waals surface area contributed by atoms with E-state index in [2.05, 4.69) is 6.92 Å². The average Bonchev–Trinajstić information content (AvgIpc) is 2.89. The molecule has 0 aliphatic heterocycles. The van der Waals surface area contributed by atoms with E-state index in [1.165, 1.54) is 12.8 Å². The Balaban J connectivity index is 1.28. The Morgan fingerprint density at radius 3 is 2.06 bits per heavy atom. The number of allylic oxidation sites excluding steroid dienone is 2. The molecule has 0 aromatic heterocycles. The maximum atomic E-state index is 15.0. The first-order chi connectivity index (χ1) is 17.4. The Kier molecular flexibility index (Phi) is 9.71. The average molecular weight is 507 g/mol. The first-order valence-corrected chi connectivity index (χ1v) is 14.3. The minimum absolute atomic E-state index is 0.0236. The fraction of sp³-hybridized carbons (Fsp3) is 0.677. The molecular weight excluding hydrogens is 464 g/mol. The quantitative estimate of drug-likeness (QED) is 0.303. The molecule has 0 heterocycles. The Hall–Kier alpha value is -1.62. The van der Waals surface area contributed by atoms with E-state index in [0.717, 1.165) is 63.7 Å². The maximum Gasteiger partial charge on any atom is 0.165 e. The van der Waals surface area contributed by atoms with Crippen LogP contribution in [-0.2, 0) is 11.2 Å². The Morgan fingerprint density at radius 2 is 1.42 bits per heavy atom. The van der Waals surface area contributed by atoms with Gasteiger partial charge in [-0.15, -0.1) is 0 Å². The van der Waals surface area contributed by atoms with Crippen molar-refractivity contribution in [3.8, 4) is 0 Å². The van der Waals surface area contributed by atoms with Crippen molar-refractivity contribution in [3.05, 3.63) is 58.2 Å². The van der Waals surface area contributed by atoms with Crippen LogP contribution < -0.4 is 0 Å². The van der Waals surface area contributed by atoms with Gasteiger partial charge in [-0.3, -0.25) is 0 Å². The maximum absolute atomic E-state index is 15.0. The zero-order valence-corrected chi connectivity index (χ0v) is 21.9. The van der Waals surface area contributed by atoms with Crippen LogP contribution in [0.2, 0.25) is 0 Å². The minimum Gasteiger partial charge on any atom is -0.371 e. The van der Waals surface area contributed by atoms with Crippen molar-refractivity contribution in [2.75, 3.05) is 6.61 Å². The zero-order chi connectivity index (χ0) is 25.7. The van der Waals surface area contributed by atoms with Gasteiger partial charge in [-0.2, -0.15) is 0 Å². The van der Waals surface area contributed by atoms with Gasteiger partial charge in [0.1, 0.15) is 6.10 Å². The molecule has 1 atom stereocenters. The van der Waals surface area contributed by atoms with Gasteiger partial charge in [-0.1, -0.05) is 38.0 Å². The summed E-state index contributed by atoms with van der Waals surface area (Å²) in [6, 6.07) is 3.62. The highest BCUT2D eigenvalue weighted by molar-refractivity contribution is 5.36. The Labute approximate surface area is 214 Å². The molecule has 1 aromatic rings. The van der Waals surface area contributed by atoms with Gasteiger partial charge in [0.05, 0.1) is 0 Å². The Bertz CT molecular complexity index is 936. The highest BCUT2D eigenvalue weighted by Crippen LogP contribution is 2.42. The van der Waals surface area contributed by atoms with Crippen LogP contribution in [0, 0.1) is 29.4 Å². The SMILES string of the molecule is CCCC1CCC(c2ccc(CCC3CCC(C4=CCC(OCC)C(F)=C4F)CC3)c(F)c2F)CC1. The fourth-order valence-electron chi connectivity index (χ4n) is 6.80. The van der Waals surface area contributed by atoms with E-state index in [0.29, 0.717) is 42.1 Å². The lowest BCUT2D eigenvalue weighted by atomic mass is 9.75. The first kappa shape index (κ1) is 27.4. The van der Waals surface area contributed by atoms with Crippen LogP contribution in [0.4, 0.5) is 17.6 Å². The van der Waals surface area contributed by atoms with Gasteiger partial charge in [0.25, 0.3) is 0 Å². The third-order valence-corrected chi connectivity index (χ3v) is 8.95. The van der Waals surface area contributed by atoms with Crippen molar-refractivity contribution in [2.24, 2.45) is 17.8 Å². The van der Waals surface area contributed by atoms with Gasteiger partial charge < -0.3 is 4.74 Å². The van der Waals surface area contributed by atoms with E-state index in [-0.39, 0.29) is 11.8 Å². The van der Waals surface area contributed by atoms with Gasteiger partial charge in [-0.05, 0) is 118 Å². The van der Waals surface area contributed by atoms with Crippen LogP contribution in [-0.4, -0.2) is 12.7 Å². The molecule has 3 aliphatic carbocycles. The normalized spacial score (nSPS) is 29.4. The number of hydrogen-bond donors (Lipinski definition) is 0. The molecule has 0 spiro atoms. The van der Waals surface area contributed by atoms with Gasteiger partial charge >= 0.3 is 0 Å². The summed E-state index contributed by atoms with van der Waals surface area (Å²) in [5.41, 5.74) is 1.52. The smallest absolute Gasteiger partial charge is 0.165 e. The summed E-state index contributed by atoms with van der Waals surface area (Å²) in [6.07, 6.45) is 12.6. The molecule has 1 unspecified atom stereocenters. The molecule has 0 N–H and O–H groups in total. The van der Waals surface area contributed by atoms with E-state index in [4.69, 9.17) is 4.74 Å². The number of hydrogen-bond acceptors (Lipinski definition) is 1. The fourth-order valence-corrected chi connectivity index (χ4v) is 6.80. The van der Waals surface area contributed by atoms with E-state index in [9.17, 15) is 17.6 Å². The summed E-state index contributed by atoms with van der Waals surface area (Å²) in [5, 5.41) is 0. The molecule has 2 saturated carbocycles. The van der Waals surface area contributed by atoms with Crippen LogP contribution in [0.1, 0.15) is 108 Å². The number of ether oxygens (including phenoxy) is 1. The van der Waals surface area contributed by atoms with Gasteiger partial charge in [-0.25, -0.2) is 17.6 Å². The van der Waals surface area contributed by atoms with E-state index in [1.807, 2.05) is 6.07 Å². The second-order valence-electron chi connectivity index (χ2n) is 11.2. The van der Waals surface area contributed by atoms with Gasteiger partial charge in [0.15, 0.2) is 23.3 Å². The molecule has 0 saturated heterocycles. The van der Waals surface area contributed by atoms with Crippen molar-refractivity contribution in [1.82, 2.24) is 0 Å². The number of aryl methyl sites for hydroxylation is 1. The molecule has 3 aliphatic rings. The van der Waals surface area contributed by atoms with Crippen molar-refractivity contribution in [1.29, 1.82) is 0 Å². The number of benzene rings is 1. The summed E-state index contributed by atoms with van der Waals surface area (Å²) in [7, 11) is 0. The molecule has 0 radical (unpaired) electrons. The molecule has 4 rings (SSSR count). The number of rotatable bonds is 9. The van der Waals surface area contributed by atoms with Gasteiger partial charge in [0.2, 0.25) is 0 Å². The molecule has 36 heavy (non-hydrogen) atoms. The molecule has 2 fully saturated rings. The van der Waals surface area contributed by atoms with Crippen molar-refractivity contribution in [3.63, 3.8) is 0 Å². The van der Waals surface area contributed by atoms with Crippen LogP contribution in [0.25, 0.3) is 0 Å². The summed E-state index contributed by atoms with van der Waals surface area (Å²) in [6.45, 7) is 4.34. The van der Waals surface area contributed by atoms with Crippen molar-refractivity contribution >= 4 is 0 Å². The molecule has 0 amide bonds. The molecule has 0 bridgehead atoms. The highest BCUT2D eigenvalue weighted by Gasteiger charge is 2.32. The number of halogens is 4. The lowest BCUT2D eigenvalue weighted by Crippen LogP contribution is -2.22. The van der Waals surface area contributed by atoms with Gasteiger partial charge in [0, 0.05) is 6.61 Å². The summed E-state index contributed by atoms with van der Waals surface area (Å²) in [4.78, 5) is 0. The zero-order valence-electron chi connectivity index (χ0n) is 21.9. The van der Waals surface area contributed by atoms with Crippen molar-refractivity contribution in [2.45, 2.75) is 109 Å². The summed E-state index contributed by atoms with van der Waals surface area (Å²) in [5.74, 6) is -1.53. The standard InChI is InChI=1S/C31H42F4O/c1-3-5-20-6-11-22(12-7-20)25-17-16-24(28(32)29(25)33)15-10-21-8-13-23(14-9-21)26-18-19-27(36-4-2)31(35)30(26)34/h16-18,20-23,27H,3-15,19H2,1-2H3. The van der Waals surface area contributed by atoms with Crippen LogP contribution in [0.15, 0.2) is 35.4 Å². The van der Waals surface area contributed by atoms with E-state index in [1.54, 1.807) is 19.1 Å². The molecule has 200 valence electrons. The third kappa shape index (κ3) is 6.26. The highest BCUT2D eigenvalue weighted by atomic mass is 19.2. The second kappa shape index (κ2) is 12.8. The summed E-state index contributed by atoms with van der Waals surface area (Å²) < 4.78 is 64.3. The molecule has 1 nitrogen and oxygen atoms in total. The minimum atomic E-state index is -0.798. The third-order valence-electron chi connectivity index (χ3n) is 8.95. The van der Waals surface area contributed by atoms with Crippen LogP contribution in [0.3, 0.4) is 0 Å². The molecule has 1 aromatic carbocycles. The lowest BCUT2D eigenvalue weighted by Gasteiger charge is -2.32. The molecular formula is C31H42F4O. The second-order valence-corrected chi connectivity index (χ2v) is 11.2. The predicted molar refractivity (Wildman–Crippen MR) is 137 cm³/mol. The van der Waals surface area contributed by atoms with E-state index < -0.39 is 29.4 Å². The topological polar surface area (TPSA) is 9.23 Å². The summed E-state index contributed by atoms with van der Waals surface area (Å²) >= 11 is 0. The monoisotopic (exact) mass is 506 g/mol. The van der Waals surface area contributed by atoms with E-state index >= 15 is 0 Å². The molecule has 5 heteroatoms. The van der Waals surface area contributed by atoms with Crippen LogP contribution in [0.5, 0.6) is 0 Å². The first-order valence-electron chi connectivity index (χ1n) is 14.3. The largest absolute Gasteiger partial charge is 0.371 e.